The van der Waals surface area contributed by atoms with Crippen LogP contribution < -0.4 is 0 Å². The topological polar surface area (TPSA) is 32.9 Å². The molecule has 1 rings (SSSR count). The molecule has 0 aromatic carbocycles. The number of hydrogen-bond donors (Lipinski definition) is 1. The second kappa shape index (κ2) is 4.58. The van der Waals surface area contributed by atoms with Gasteiger partial charge in [0.2, 0.25) is 0 Å². The van der Waals surface area contributed by atoms with Gasteiger partial charge in [0.1, 0.15) is -0.565 Å². The van der Waals surface area contributed by atoms with Gasteiger partial charge in [-0.25, -0.2) is 0 Å². The van der Waals surface area contributed by atoms with E-state index in [2.05, 4.69) is 72.8 Å². The molecule has 66 valence electrons. The van der Waals surface area contributed by atoms with Crippen molar-refractivity contribution in [1.82, 2.24) is 4.98 Å². The third-order valence-corrected chi connectivity index (χ3v) is 2.40. The summed E-state index contributed by atoms with van der Waals surface area (Å²) >= 11 is 6.77. The lowest BCUT2D eigenvalue weighted by atomic mass is 10.2. The molecule has 1 N–H and O–H groups in total. The van der Waals surface area contributed by atoms with E-state index >= 15 is 0 Å². The van der Waals surface area contributed by atoms with Gasteiger partial charge in [-0.1, -0.05) is 67.8 Å². The molecule has 0 amide bonds. The number of carbonyl (C=O) groups is 1. The predicted octanol–water partition coefficient (Wildman–Crippen LogP) is 3.55. The molecule has 0 saturated heterocycles. The maximum atomic E-state index is 11.5. The number of Topliss-reactive ketones (excluding diaryl/α,β-unsaturated/α-hetero) is 1. The lowest BCUT2D eigenvalue weighted by Gasteiger charge is -2.09. The molecule has 1 aromatic heterocycles. The van der Waals surface area contributed by atoms with Crippen molar-refractivity contribution in [2.24, 2.45) is 0 Å². The van der Waals surface area contributed by atoms with Crippen molar-refractivity contribution < 1.29 is 4.79 Å². The SMILES string of the molecule is O=C(CC(I)(I)I)c1ccc[nH]1. The summed E-state index contributed by atoms with van der Waals surface area (Å²) in [5, 5.41) is 0. The summed E-state index contributed by atoms with van der Waals surface area (Å²) in [6.07, 6.45) is 2.32. The molecule has 5 heteroatoms. The van der Waals surface area contributed by atoms with Crippen LogP contribution in [0.2, 0.25) is 0 Å². The Balaban J connectivity index is 2.63. The number of aromatic nitrogens is 1. The Bertz CT molecular complexity index is 263. The summed E-state index contributed by atoms with van der Waals surface area (Å²) in [5.41, 5.74) is 0.698. The normalized spacial score (nSPS) is 11.6. The van der Waals surface area contributed by atoms with E-state index in [1.165, 1.54) is 0 Å². The molecule has 0 fully saturated rings. The van der Waals surface area contributed by atoms with E-state index in [1.54, 1.807) is 12.3 Å². The minimum absolute atomic E-state index is 0.0184. The molecule has 1 heterocycles. The van der Waals surface area contributed by atoms with Crippen molar-refractivity contribution in [1.29, 1.82) is 0 Å². The Morgan fingerprint density at radius 1 is 1.50 bits per heavy atom. The Morgan fingerprint density at radius 3 is 2.58 bits per heavy atom. The minimum atomic E-state index is -0.0184. The molecule has 1 aromatic rings. The summed E-state index contributed by atoms with van der Waals surface area (Å²) in [6, 6.07) is 3.64. The van der Waals surface area contributed by atoms with E-state index in [4.69, 9.17) is 0 Å². The summed E-state index contributed by atoms with van der Waals surface area (Å²) in [7, 11) is 0. The quantitative estimate of drug-likeness (QED) is 0.384. The predicted molar refractivity (Wildman–Crippen MR) is 74.5 cm³/mol. The maximum Gasteiger partial charge on any atom is 0.181 e. The third kappa shape index (κ3) is 3.90. The standard InChI is InChI=1S/C7H6I3NO/c8-7(9,10)4-6(12)5-2-1-3-11-5/h1-3,11H,4H2. The second-order valence-corrected chi connectivity index (χ2v) is 14.0. The highest BCUT2D eigenvalue weighted by Crippen LogP contribution is 2.39. The Kier molecular flexibility index (Phi) is 4.28. The van der Waals surface area contributed by atoms with Crippen LogP contribution in [0.1, 0.15) is 16.9 Å². The number of nitrogens with one attached hydrogen (secondary N) is 1. The van der Waals surface area contributed by atoms with Crippen LogP contribution in [0.5, 0.6) is 0 Å². The molecule has 0 unspecified atom stereocenters. The highest BCUT2D eigenvalue weighted by molar-refractivity contribution is 14.3. The van der Waals surface area contributed by atoms with E-state index < -0.39 is 0 Å². The fourth-order valence-corrected chi connectivity index (χ4v) is 1.82. The number of ketones is 1. The average molecular weight is 501 g/mol. The van der Waals surface area contributed by atoms with Gasteiger partial charge in [-0.15, -0.1) is 0 Å². The van der Waals surface area contributed by atoms with Crippen LogP contribution in [0.15, 0.2) is 18.3 Å². The molecule has 0 aliphatic carbocycles. The zero-order valence-electron chi connectivity index (χ0n) is 5.98. The van der Waals surface area contributed by atoms with Crippen molar-refractivity contribution in [3.63, 3.8) is 0 Å². The summed E-state index contributed by atoms with van der Waals surface area (Å²) in [4.78, 5) is 14.4. The van der Waals surface area contributed by atoms with Gasteiger partial charge in [-0.05, 0) is 12.1 Å². The number of hydrogen-bond acceptors (Lipinski definition) is 1. The van der Waals surface area contributed by atoms with E-state index in [0.717, 1.165) is 0 Å². The van der Waals surface area contributed by atoms with Crippen molar-refractivity contribution in [2.75, 3.05) is 0 Å². The molecule has 0 atom stereocenters. The van der Waals surface area contributed by atoms with Gasteiger partial charge < -0.3 is 4.98 Å². The summed E-state index contributed by atoms with van der Waals surface area (Å²) < 4.78 is -0.0184. The van der Waals surface area contributed by atoms with Crippen LogP contribution in [0.25, 0.3) is 0 Å². The van der Waals surface area contributed by atoms with Gasteiger partial charge >= 0.3 is 0 Å². The van der Waals surface area contributed by atoms with Crippen LogP contribution in [0.3, 0.4) is 0 Å². The number of rotatable bonds is 3. The molecule has 0 bridgehead atoms. The van der Waals surface area contributed by atoms with E-state index in [1.807, 2.05) is 6.07 Å². The molecule has 0 aliphatic rings. The van der Waals surface area contributed by atoms with Crippen LogP contribution in [-0.2, 0) is 0 Å². The molecule has 12 heavy (non-hydrogen) atoms. The highest BCUT2D eigenvalue weighted by Gasteiger charge is 2.22. The van der Waals surface area contributed by atoms with Gasteiger partial charge in [-0.3, -0.25) is 4.79 Å². The van der Waals surface area contributed by atoms with Crippen LogP contribution in [0.4, 0.5) is 0 Å². The highest BCUT2D eigenvalue weighted by atomic mass is 127. The molecular weight excluding hydrogens is 495 g/mol. The van der Waals surface area contributed by atoms with Gasteiger partial charge in [0.05, 0.1) is 5.69 Å². The minimum Gasteiger partial charge on any atom is -0.359 e. The summed E-state index contributed by atoms with van der Waals surface area (Å²) in [6.45, 7) is 0. The van der Waals surface area contributed by atoms with Crippen LogP contribution >= 0.6 is 67.8 Å². The first-order chi connectivity index (χ1) is 5.49. The largest absolute Gasteiger partial charge is 0.359 e. The van der Waals surface area contributed by atoms with Gasteiger partial charge in [0.25, 0.3) is 0 Å². The number of aromatic amines is 1. The number of halogens is 3. The first-order valence-corrected chi connectivity index (χ1v) is 6.46. The van der Waals surface area contributed by atoms with Crippen LogP contribution in [0, 0.1) is 0 Å². The zero-order chi connectivity index (χ0) is 9.19. The zero-order valence-corrected chi connectivity index (χ0v) is 12.5. The first kappa shape index (κ1) is 11.2. The van der Waals surface area contributed by atoms with Crippen LogP contribution in [-0.4, -0.2) is 10.2 Å². The number of alkyl halides is 3. The maximum absolute atomic E-state index is 11.5. The Morgan fingerprint density at radius 2 is 2.17 bits per heavy atom. The van der Waals surface area contributed by atoms with Gasteiger partial charge in [-0.2, -0.15) is 0 Å². The van der Waals surface area contributed by atoms with Crippen molar-refractivity contribution >= 4 is 73.6 Å². The van der Waals surface area contributed by atoms with Crippen molar-refractivity contribution in [2.45, 2.75) is 5.86 Å². The Hall–Kier alpha value is 1.14. The van der Waals surface area contributed by atoms with E-state index in [-0.39, 0.29) is 5.22 Å². The smallest absolute Gasteiger partial charge is 0.181 e. The Labute approximate surface area is 112 Å². The first-order valence-electron chi connectivity index (χ1n) is 3.22. The number of carbonyl (C=O) groups excluding carboxylic acids is 1. The third-order valence-electron chi connectivity index (χ3n) is 1.26. The molecule has 0 saturated carbocycles. The second-order valence-electron chi connectivity index (χ2n) is 2.30. The van der Waals surface area contributed by atoms with E-state index in [9.17, 15) is 4.79 Å². The average Bonchev–Trinajstić information content (AvgIpc) is 2.32. The molecule has 0 aliphatic heterocycles. The molecule has 0 radical (unpaired) electrons. The lowest BCUT2D eigenvalue weighted by molar-refractivity contribution is 0.0984. The molecule has 0 spiro atoms. The van der Waals surface area contributed by atoms with E-state index in [0.29, 0.717) is 12.1 Å². The van der Waals surface area contributed by atoms with Crippen molar-refractivity contribution in [3.8, 4) is 0 Å². The fourth-order valence-electron chi connectivity index (χ4n) is 0.781. The fraction of sp³-hybridized carbons (Fsp3) is 0.286. The molecular formula is C7H6I3NO. The van der Waals surface area contributed by atoms with Gasteiger partial charge in [0, 0.05) is 12.6 Å². The van der Waals surface area contributed by atoms with Gasteiger partial charge in [0.15, 0.2) is 5.78 Å². The monoisotopic (exact) mass is 501 g/mol. The lowest BCUT2D eigenvalue weighted by Crippen LogP contribution is -2.09. The molecule has 2 nitrogen and oxygen atoms in total. The van der Waals surface area contributed by atoms with Crippen molar-refractivity contribution in [3.05, 3.63) is 24.0 Å². The number of H-pyrrole nitrogens is 1. The summed E-state index contributed by atoms with van der Waals surface area (Å²) in [5.74, 6) is 0.165.